The molecule has 92 valence electrons. The van der Waals surface area contributed by atoms with Crippen molar-refractivity contribution in [3.63, 3.8) is 0 Å². The average Bonchev–Trinajstić information content (AvgIpc) is 2.80. The molecular weight excluding hydrogens is 200 g/mol. The minimum atomic E-state index is -0.119. The average molecular weight is 224 g/mol. The quantitative estimate of drug-likeness (QED) is 0.770. The number of hydrogen-bond donors (Lipinski definition) is 2. The van der Waals surface area contributed by atoms with Crippen molar-refractivity contribution in [3.8, 4) is 0 Å². The van der Waals surface area contributed by atoms with E-state index in [0.717, 1.165) is 25.7 Å². The number of hydrogen-bond acceptors (Lipinski definition) is 2. The molecule has 0 spiro atoms. The fourth-order valence-corrected chi connectivity index (χ4v) is 3.03. The zero-order valence-electron chi connectivity index (χ0n) is 10.1. The third-order valence-electron chi connectivity index (χ3n) is 4.19. The van der Waals surface area contributed by atoms with Gasteiger partial charge in [-0.05, 0) is 25.7 Å². The monoisotopic (exact) mass is 224 g/mol. The predicted molar refractivity (Wildman–Crippen MR) is 65.0 cm³/mol. The Morgan fingerprint density at radius 3 is 2.38 bits per heavy atom. The molecule has 16 heavy (non-hydrogen) atoms. The Morgan fingerprint density at radius 1 is 1.12 bits per heavy atom. The van der Waals surface area contributed by atoms with Crippen LogP contribution < -0.4 is 11.1 Å². The van der Waals surface area contributed by atoms with Crippen molar-refractivity contribution in [2.75, 3.05) is 6.54 Å². The maximum atomic E-state index is 11.9. The number of carbonyl (C=O) groups excluding carboxylic acids is 1. The van der Waals surface area contributed by atoms with Crippen molar-refractivity contribution in [2.24, 2.45) is 11.7 Å². The zero-order chi connectivity index (χ0) is 11.4. The minimum absolute atomic E-state index is 0.119. The standard InChI is InChI=1S/C13H24N2O/c14-13(8-4-1-5-9-13)10-15-12(16)11-6-2-3-7-11/h11H,1-10,14H2,(H,15,16). The summed E-state index contributed by atoms with van der Waals surface area (Å²) in [6.07, 6.45) is 10.4. The van der Waals surface area contributed by atoms with Crippen molar-refractivity contribution in [1.29, 1.82) is 0 Å². The van der Waals surface area contributed by atoms with Crippen LogP contribution in [0.3, 0.4) is 0 Å². The van der Waals surface area contributed by atoms with Crippen LogP contribution in [0.4, 0.5) is 0 Å². The number of amides is 1. The Bertz CT molecular complexity index is 240. The van der Waals surface area contributed by atoms with E-state index in [1.165, 1.54) is 32.1 Å². The molecule has 2 saturated carbocycles. The summed E-state index contributed by atoms with van der Waals surface area (Å²) >= 11 is 0. The second-order valence-corrected chi connectivity index (χ2v) is 5.62. The highest BCUT2D eigenvalue weighted by atomic mass is 16.1. The van der Waals surface area contributed by atoms with Gasteiger partial charge in [0.05, 0.1) is 0 Å². The molecule has 0 atom stereocenters. The maximum absolute atomic E-state index is 11.9. The van der Waals surface area contributed by atoms with Gasteiger partial charge in [0, 0.05) is 18.0 Å². The Hall–Kier alpha value is -0.570. The largest absolute Gasteiger partial charge is 0.354 e. The SMILES string of the molecule is NC1(CNC(=O)C2CCCC2)CCCCC1. The number of carbonyl (C=O) groups is 1. The van der Waals surface area contributed by atoms with E-state index in [4.69, 9.17) is 5.73 Å². The first-order chi connectivity index (χ1) is 7.70. The van der Waals surface area contributed by atoms with Crippen molar-refractivity contribution >= 4 is 5.91 Å². The van der Waals surface area contributed by atoms with Crippen molar-refractivity contribution < 1.29 is 4.79 Å². The van der Waals surface area contributed by atoms with Crippen LogP contribution in [0.25, 0.3) is 0 Å². The third kappa shape index (κ3) is 2.97. The molecule has 0 aromatic heterocycles. The highest BCUT2D eigenvalue weighted by molar-refractivity contribution is 5.78. The number of rotatable bonds is 3. The van der Waals surface area contributed by atoms with Gasteiger partial charge in [0.25, 0.3) is 0 Å². The Labute approximate surface area is 98.2 Å². The molecule has 3 nitrogen and oxygen atoms in total. The lowest BCUT2D eigenvalue weighted by Gasteiger charge is -2.33. The van der Waals surface area contributed by atoms with Crippen LogP contribution in [0, 0.1) is 5.92 Å². The van der Waals surface area contributed by atoms with Gasteiger partial charge in [0.2, 0.25) is 5.91 Å². The summed E-state index contributed by atoms with van der Waals surface area (Å²) in [7, 11) is 0. The van der Waals surface area contributed by atoms with Crippen LogP contribution in [-0.2, 0) is 4.79 Å². The van der Waals surface area contributed by atoms with Gasteiger partial charge < -0.3 is 11.1 Å². The number of nitrogens with two attached hydrogens (primary N) is 1. The Kier molecular flexibility index (Phi) is 3.85. The van der Waals surface area contributed by atoms with Gasteiger partial charge in [-0.2, -0.15) is 0 Å². The van der Waals surface area contributed by atoms with Crippen molar-refractivity contribution in [1.82, 2.24) is 5.32 Å². The molecule has 0 saturated heterocycles. The fourth-order valence-electron chi connectivity index (χ4n) is 3.03. The van der Waals surface area contributed by atoms with Crippen LogP contribution in [0.1, 0.15) is 57.8 Å². The van der Waals surface area contributed by atoms with Gasteiger partial charge in [0.1, 0.15) is 0 Å². The molecule has 0 heterocycles. The molecular formula is C13H24N2O. The second kappa shape index (κ2) is 5.17. The highest BCUT2D eigenvalue weighted by Crippen LogP contribution is 2.27. The van der Waals surface area contributed by atoms with Gasteiger partial charge >= 0.3 is 0 Å². The highest BCUT2D eigenvalue weighted by Gasteiger charge is 2.29. The van der Waals surface area contributed by atoms with Crippen LogP contribution in [0.15, 0.2) is 0 Å². The van der Waals surface area contributed by atoms with E-state index in [1.54, 1.807) is 0 Å². The normalized spacial score (nSPS) is 25.6. The fraction of sp³-hybridized carbons (Fsp3) is 0.923. The van der Waals surface area contributed by atoms with Gasteiger partial charge in [-0.25, -0.2) is 0 Å². The molecule has 3 heteroatoms. The van der Waals surface area contributed by atoms with Crippen molar-refractivity contribution in [2.45, 2.75) is 63.3 Å². The molecule has 0 aliphatic heterocycles. The van der Waals surface area contributed by atoms with E-state index in [9.17, 15) is 4.79 Å². The van der Waals surface area contributed by atoms with E-state index < -0.39 is 0 Å². The molecule has 2 aliphatic carbocycles. The molecule has 3 N–H and O–H groups in total. The van der Waals surface area contributed by atoms with Crippen LogP contribution >= 0.6 is 0 Å². The lowest BCUT2D eigenvalue weighted by Crippen LogP contribution is -2.52. The van der Waals surface area contributed by atoms with Crippen LogP contribution in [-0.4, -0.2) is 18.0 Å². The lowest BCUT2D eigenvalue weighted by atomic mass is 9.82. The minimum Gasteiger partial charge on any atom is -0.354 e. The van der Waals surface area contributed by atoms with Crippen LogP contribution in [0.2, 0.25) is 0 Å². The molecule has 0 radical (unpaired) electrons. The molecule has 0 aromatic rings. The van der Waals surface area contributed by atoms with E-state index in [-0.39, 0.29) is 17.4 Å². The van der Waals surface area contributed by atoms with E-state index >= 15 is 0 Å². The topological polar surface area (TPSA) is 55.1 Å². The summed E-state index contributed by atoms with van der Waals surface area (Å²) in [5.41, 5.74) is 6.17. The molecule has 2 rings (SSSR count). The smallest absolute Gasteiger partial charge is 0.223 e. The van der Waals surface area contributed by atoms with E-state index in [1.807, 2.05) is 0 Å². The Morgan fingerprint density at radius 2 is 1.75 bits per heavy atom. The Balaban J connectivity index is 1.75. The van der Waals surface area contributed by atoms with Crippen LogP contribution in [0.5, 0.6) is 0 Å². The maximum Gasteiger partial charge on any atom is 0.223 e. The molecule has 0 bridgehead atoms. The summed E-state index contributed by atoms with van der Waals surface area (Å²) in [6, 6.07) is 0. The summed E-state index contributed by atoms with van der Waals surface area (Å²) in [5, 5.41) is 3.07. The molecule has 2 fully saturated rings. The molecule has 1 amide bonds. The molecule has 0 unspecified atom stereocenters. The summed E-state index contributed by atoms with van der Waals surface area (Å²) in [4.78, 5) is 11.9. The third-order valence-corrected chi connectivity index (χ3v) is 4.19. The van der Waals surface area contributed by atoms with Crippen molar-refractivity contribution in [3.05, 3.63) is 0 Å². The van der Waals surface area contributed by atoms with Gasteiger partial charge in [-0.3, -0.25) is 4.79 Å². The molecule has 2 aliphatic rings. The zero-order valence-corrected chi connectivity index (χ0v) is 10.1. The second-order valence-electron chi connectivity index (χ2n) is 5.62. The first-order valence-corrected chi connectivity index (χ1v) is 6.76. The van der Waals surface area contributed by atoms with E-state index in [2.05, 4.69) is 5.32 Å². The predicted octanol–water partition coefficient (Wildman–Crippen LogP) is 1.95. The first-order valence-electron chi connectivity index (χ1n) is 6.76. The van der Waals surface area contributed by atoms with Gasteiger partial charge in [-0.1, -0.05) is 32.1 Å². The number of nitrogens with one attached hydrogen (secondary N) is 1. The summed E-state index contributed by atoms with van der Waals surface area (Å²) in [6.45, 7) is 0.683. The lowest BCUT2D eigenvalue weighted by molar-refractivity contribution is -0.125. The molecule has 0 aromatic carbocycles. The van der Waals surface area contributed by atoms with E-state index in [0.29, 0.717) is 6.54 Å². The van der Waals surface area contributed by atoms with Gasteiger partial charge in [-0.15, -0.1) is 0 Å². The summed E-state index contributed by atoms with van der Waals surface area (Å²) < 4.78 is 0. The van der Waals surface area contributed by atoms with Gasteiger partial charge in [0.15, 0.2) is 0 Å². The first kappa shape index (κ1) is 11.9. The summed E-state index contributed by atoms with van der Waals surface area (Å²) in [5.74, 6) is 0.514.